The van der Waals surface area contributed by atoms with Crippen LogP contribution in [0.4, 0.5) is 0 Å². The Labute approximate surface area is 151 Å². The lowest BCUT2D eigenvalue weighted by molar-refractivity contribution is -0.122. The molecule has 2 amide bonds. The number of piperidine rings is 1. The van der Waals surface area contributed by atoms with Gasteiger partial charge in [-0.2, -0.15) is 0 Å². The molecule has 2 N–H and O–H groups in total. The molecule has 0 aromatic carbocycles. The summed E-state index contributed by atoms with van der Waals surface area (Å²) in [6.45, 7) is 6.41. The number of thiophene rings is 1. The quantitative estimate of drug-likeness (QED) is 0.856. The van der Waals surface area contributed by atoms with E-state index in [1.807, 2.05) is 34.2 Å². The van der Waals surface area contributed by atoms with Crippen LogP contribution in [0.1, 0.15) is 36.4 Å². The number of rotatable bonds is 4. The van der Waals surface area contributed by atoms with Gasteiger partial charge in [-0.1, -0.05) is 19.9 Å². The van der Waals surface area contributed by atoms with Crippen molar-refractivity contribution in [3.8, 4) is 0 Å². The molecular weight excluding hydrogens is 342 g/mol. The summed E-state index contributed by atoms with van der Waals surface area (Å²) in [5.41, 5.74) is 0. The number of nitrogens with one attached hydrogen (secondary N) is 2. The van der Waals surface area contributed by atoms with Crippen molar-refractivity contribution in [1.82, 2.24) is 15.5 Å². The van der Waals surface area contributed by atoms with Crippen molar-refractivity contribution in [3.05, 3.63) is 22.4 Å². The third-order valence-corrected chi connectivity index (χ3v) is 6.99. The average Bonchev–Trinajstić information content (AvgIpc) is 3.23. The minimum absolute atomic E-state index is 0.0495. The van der Waals surface area contributed by atoms with Crippen molar-refractivity contribution >= 4 is 34.9 Å². The molecule has 2 saturated heterocycles. The topological polar surface area (TPSA) is 61.4 Å². The highest BCUT2D eigenvalue weighted by atomic mass is 32.2. The van der Waals surface area contributed by atoms with Crippen LogP contribution in [-0.2, 0) is 4.79 Å². The van der Waals surface area contributed by atoms with Crippen LogP contribution in [0, 0.1) is 5.92 Å². The number of nitrogens with zero attached hydrogens (tertiary/aromatic N) is 1. The molecule has 0 radical (unpaired) electrons. The first kappa shape index (κ1) is 17.8. The van der Waals surface area contributed by atoms with Crippen molar-refractivity contribution in [1.29, 1.82) is 0 Å². The molecule has 3 heterocycles. The zero-order valence-corrected chi connectivity index (χ0v) is 15.8. The van der Waals surface area contributed by atoms with E-state index in [2.05, 4.69) is 24.5 Å². The van der Waals surface area contributed by atoms with E-state index in [0.717, 1.165) is 43.1 Å². The maximum Gasteiger partial charge on any atom is 0.263 e. The van der Waals surface area contributed by atoms with Crippen LogP contribution in [0.25, 0.3) is 0 Å². The Morgan fingerprint density at radius 1 is 1.42 bits per heavy atom. The molecule has 2 aliphatic heterocycles. The second kappa shape index (κ2) is 7.45. The first-order valence-electron chi connectivity index (χ1n) is 8.51. The van der Waals surface area contributed by atoms with Gasteiger partial charge in [-0.05, 0) is 30.2 Å². The summed E-state index contributed by atoms with van der Waals surface area (Å²) in [6, 6.07) is 3.68. The highest BCUT2D eigenvalue weighted by molar-refractivity contribution is 8.01. The van der Waals surface area contributed by atoms with Gasteiger partial charge in [0.05, 0.1) is 15.8 Å². The van der Waals surface area contributed by atoms with E-state index in [0.29, 0.717) is 5.92 Å². The molecule has 2 fully saturated rings. The third-order valence-electron chi connectivity index (χ3n) is 4.55. The van der Waals surface area contributed by atoms with Crippen molar-refractivity contribution < 1.29 is 9.59 Å². The molecule has 24 heavy (non-hydrogen) atoms. The van der Waals surface area contributed by atoms with Crippen LogP contribution < -0.4 is 10.6 Å². The van der Waals surface area contributed by atoms with Crippen LogP contribution in [0.3, 0.4) is 0 Å². The SMILES string of the molecule is CC(C)CNC(=O)C1CSC2(CCN(C(=O)c3cccs3)CC2)N1. The Morgan fingerprint density at radius 2 is 2.17 bits per heavy atom. The molecule has 1 spiro atoms. The Morgan fingerprint density at radius 3 is 2.79 bits per heavy atom. The summed E-state index contributed by atoms with van der Waals surface area (Å²) in [7, 11) is 0. The Hall–Kier alpha value is -1.05. The molecular formula is C17H25N3O2S2. The zero-order chi connectivity index (χ0) is 17.2. The van der Waals surface area contributed by atoms with Crippen molar-refractivity contribution in [2.24, 2.45) is 5.92 Å². The maximum absolute atomic E-state index is 12.4. The Balaban J connectivity index is 1.51. The van der Waals surface area contributed by atoms with Crippen LogP contribution in [0.5, 0.6) is 0 Å². The van der Waals surface area contributed by atoms with E-state index in [4.69, 9.17) is 0 Å². The fraction of sp³-hybridized carbons (Fsp3) is 0.647. The molecule has 0 saturated carbocycles. The largest absolute Gasteiger partial charge is 0.354 e. The van der Waals surface area contributed by atoms with Crippen molar-refractivity contribution in [2.75, 3.05) is 25.4 Å². The average molecular weight is 368 g/mol. The van der Waals surface area contributed by atoms with E-state index < -0.39 is 0 Å². The fourth-order valence-corrected chi connectivity index (χ4v) is 5.24. The lowest BCUT2D eigenvalue weighted by Gasteiger charge is -2.39. The van der Waals surface area contributed by atoms with Gasteiger partial charge in [0, 0.05) is 25.4 Å². The van der Waals surface area contributed by atoms with Crippen LogP contribution >= 0.6 is 23.1 Å². The standard InChI is InChI=1S/C17H25N3O2S2/c1-12(2)10-18-15(21)13-11-24-17(19-13)5-7-20(8-6-17)16(22)14-4-3-9-23-14/h3-4,9,12-13,19H,5-8,10-11H2,1-2H3,(H,18,21). The number of amides is 2. The highest BCUT2D eigenvalue weighted by Crippen LogP contribution is 2.39. The Bertz CT molecular complexity index is 581. The summed E-state index contributed by atoms with van der Waals surface area (Å²) in [5, 5.41) is 8.49. The fourth-order valence-electron chi connectivity index (χ4n) is 3.13. The smallest absolute Gasteiger partial charge is 0.263 e. The van der Waals surface area contributed by atoms with Crippen LogP contribution in [0.15, 0.2) is 17.5 Å². The van der Waals surface area contributed by atoms with Gasteiger partial charge in [-0.3, -0.25) is 14.9 Å². The monoisotopic (exact) mass is 367 g/mol. The number of likely N-dealkylation sites (tertiary alicyclic amines) is 1. The van der Waals surface area contributed by atoms with Crippen molar-refractivity contribution in [2.45, 2.75) is 37.6 Å². The zero-order valence-electron chi connectivity index (χ0n) is 14.2. The van der Waals surface area contributed by atoms with E-state index in [1.54, 1.807) is 0 Å². The second-order valence-corrected chi connectivity index (χ2v) is 9.26. The second-order valence-electron chi connectivity index (χ2n) is 6.91. The number of thioether (sulfide) groups is 1. The van der Waals surface area contributed by atoms with Gasteiger partial charge in [0.25, 0.3) is 5.91 Å². The predicted molar refractivity (Wildman–Crippen MR) is 99.4 cm³/mol. The highest BCUT2D eigenvalue weighted by Gasteiger charge is 2.44. The molecule has 2 aliphatic rings. The van der Waals surface area contributed by atoms with Gasteiger partial charge in [-0.25, -0.2) is 0 Å². The molecule has 0 aliphatic carbocycles. The minimum Gasteiger partial charge on any atom is -0.354 e. The summed E-state index contributed by atoms with van der Waals surface area (Å²) in [4.78, 5) is 27.4. The lowest BCUT2D eigenvalue weighted by Crippen LogP contribution is -2.54. The first-order valence-corrected chi connectivity index (χ1v) is 10.4. The van der Waals surface area contributed by atoms with Gasteiger partial charge >= 0.3 is 0 Å². The lowest BCUT2D eigenvalue weighted by atomic mass is 10.0. The number of carbonyl (C=O) groups excluding carboxylic acids is 2. The predicted octanol–water partition coefficient (Wildman–Crippen LogP) is 2.16. The number of hydrogen-bond acceptors (Lipinski definition) is 5. The van der Waals surface area contributed by atoms with Gasteiger partial charge < -0.3 is 10.2 Å². The van der Waals surface area contributed by atoms with E-state index in [-0.39, 0.29) is 22.7 Å². The summed E-state index contributed by atoms with van der Waals surface area (Å²) < 4.78 is 0. The molecule has 1 aromatic heterocycles. The summed E-state index contributed by atoms with van der Waals surface area (Å²) in [6.07, 6.45) is 1.78. The third kappa shape index (κ3) is 3.95. The normalized spacial score (nSPS) is 23.0. The molecule has 1 unspecified atom stereocenters. The molecule has 5 nitrogen and oxygen atoms in total. The molecule has 3 rings (SSSR count). The molecule has 132 valence electrons. The number of hydrogen-bond donors (Lipinski definition) is 2. The van der Waals surface area contributed by atoms with E-state index in [9.17, 15) is 9.59 Å². The van der Waals surface area contributed by atoms with Gasteiger partial charge in [-0.15, -0.1) is 23.1 Å². The summed E-state index contributed by atoms with van der Waals surface area (Å²) in [5.74, 6) is 1.51. The van der Waals surface area contributed by atoms with E-state index in [1.165, 1.54) is 11.3 Å². The molecule has 1 aromatic rings. The molecule has 0 bridgehead atoms. The van der Waals surface area contributed by atoms with Gasteiger partial charge in [0.15, 0.2) is 0 Å². The van der Waals surface area contributed by atoms with Gasteiger partial charge in [0.1, 0.15) is 0 Å². The van der Waals surface area contributed by atoms with Gasteiger partial charge in [0.2, 0.25) is 5.91 Å². The minimum atomic E-state index is -0.117. The summed E-state index contributed by atoms with van der Waals surface area (Å²) >= 11 is 3.34. The van der Waals surface area contributed by atoms with Crippen LogP contribution in [0.2, 0.25) is 0 Å². The molecule has 7 heteroatoms. The maximum atomic E-state index is 12.4. The van der Waals surface area contributed by atoms with E-state index >= 15 is 0 Å². The number of carbonyl (C=O) groups is 2. The molecule has 1 atom stereocenters. The first-order chi connectivity index (χ1) is 11.5. The van der Waals surface area contributed by atoms with Crippen molar-refractivity contribution in [3.63, 3.8) is 0 Å². The van der Waals surface area contributed by atoms with Crippen LogP contribution in [-0.4, -0.2) is 53.0 Å². The Kier molecular flexibility index (Phi) is 5.52.